The van der Waals surface area contributed by atoms with Crippen molar-refractivity contribution in [2.24, 2.45) is 7.05 Å². The molecule has 0 fully saturated rings. The van der Waals surface area contributed by atoms with E-state index in [2.05, 4.69) is 21.5 Å². The number of aromatic nitrogens is 3. The molecular weight excluding hydrogens is 200 g/mol. The highest BCUT2D eigenvalue weighted by atomic mass is 15.3. The van der Waals surface area contributed by atoms with Crippen molar-refractivity contribution >= 4 is 0 Å². The Morgan fingerprint density at radius 2 is 2.12 bits per heavy atom. The smallest absolute Gasteiger partial charge is 0.0518 e. The molecule has 1 N–H and O–H groups in total. The van der Waals surface area contributed by atoms with E-state index < -0.39 is 0 Å². The third-order valence-corrected chi connectivity index (χ3v) is 2.66. The largest absolute Gasteiger partial charge is 0.307 e. The van der Waals surface area contributed by atoms with Gasteiger partial charge in [0.05, 0.1) is 5.69 Å². The van der Waals surface area contributed by atoms with Crippen molar-refractivity contribution in [3.63, 3.8) is 0 Å². The van der Waals surface area contributed by atoms with E-state index in [-0.39, 0.29) is 0 Å². The summed E-state index contributed by atoms with van der Waals surface area (Å²) in [6, 6.07) is 6.08. The third kappa shape index (κ3) is 2.46. The Hall–Kier alpha value is -1.68. The summed E-state index contributed by atoms with van der Waals surface area (Å²) in [7, 11) is 1.95. The van der Waals surface area contributed by atoms with Gasteiger partial charge in [0, 0.05) is 38.2 Å². The summed E-state index contributed by atoms with van der Waals surface area (Å²) >= 11 is 0. The second-order valence-electron chi connectivity index (χ2n) is 3.80. The van der Waals surface area contributed by atoms with Crippen molar-refractivity contribution in [2.75, 3.05) is 0 Å². The molecule has 0 saturated carbocycles. The highest BCUT2D eigenvalue weighted by Crippen LogP contribution is 2.03. The normalized spacial score (nSPS) is 10.6. The lowest BCUT2D eigenvalue weighted by Gasteiger charge is -2.07. The van der Waals surface area contributed by atoms with Gasteiger partial charge in [-0.15, -0.1) is 0 Å². The molecule has 0 spiro atoms. The van der Waals surface area contributed by atoms with Crippen LogP contribution in [0.3, 0.4) is 0 Å². The zero-order valence-electron chi connectivity index (χ0n) is 9.64. The zero-order chi connectivity index (χ0) is 11.4. The fourth-order valence-corrected chi connectivity index (χ4v) is 1.60. The molecule has 4 nitrogen and oxygen atoms in total. The number of hydrogen-bond acceptors (Lipinski definition) is 3. The molecule has 2 heterocycles. The lowest BCUT2D eigenvalue weighted by molar-refractivity contribution is 0.624. The Bertz CT molecular complexity index is 462. The molecule has 84 valence electrons. The van der Waals surface area contributed by atoms with Crippen LogP contribution in [0.25, 0.3) is 0 Å². The van der Waals surface area contributed by atoms with Crippen molar-refractivity contribution in [1.82, 2.24) is 20.1 Å². The lowest BCUT2D eigenvalue weighted by atomic mass is 10.2. The maximum atomic E-state index is 4.25. The molecule has 16 heavy (non-hydrogen) atoms. The van der Waals surface area contributed by atoms with Gasteiger partial charge in [0.25, 0.3) is 0 Å². The first-order chi connectivity index (χ1) is 7.77. The van der Waals surface area contributed by atoms with Crippen LogP contribution in [0.4, 0.5) is 0 Å². The van der Waals surface area contributed by atoms with Crippen LogP contribution in [0.5, 0.6) is 0 Å². The fraction of sp³-hybridized carbons (Fsp3) is 0.333. The molecule has 0 aromatic carbocycles. The van der Waals surface area contributed by atoms with Gasteiger partial charge in [-0.1, -0.05) is 6.07 Å². The maximum absolute atomic E-state index is 4.25. The zero-order valence-corrected chi connectivity index (χ0v) is 9.64. The molecule has 2 aromatic heterocycles. The highest BCUT2D eigenvalue weighted by Gasteiger charge is 2.00. The molecule has 4 heteroatoms. The van der Waals surface area contributed by atoms with E-state index in [9.17, 15) is 0 Å². The quantitative estimate of drug-likeness (QED) is 0.840. The molecule has 2 aromatic rings. The summed E-state index contributed by atoms with van der Waals surface area (Å²) in [6.07, 6.45) is 3.63. The topological polar surface area (TPSA) is 42.7 Å². The molecule has 0 aliphatic heterocycles. The fourth-order valence-electron chi connectivity index (χ4n) is 1.60. The minimum atomic E-state index is 0.824. The van der Waals surface area contributed by atoms with E-state index in [1.54, 1.807) is 0 Å². The van der Waals surface area contributed by atoms with Crippen molar-refractivity contribution in [2.45, 2.75) is 20.0 Å². The van der Waals surface area contributed by atoms with Crippen LogP contribution in [0, 0.1) is 6.92 Å². The minimum Gasteiger partial charge on any atom is -0.307 e. The summed E-state index contributed by atoms with van der Waals surface area (Å²) in [4.78, 5) is 4.25. The number of hydrogen-bond donors (Lipinski definition) is 1. The predicted octanol–water partition coefficient (Wildman–Crippen LogP) is 1.41. The molecule has 0 saturated heterocycles. The second-order valence-corrected chi connectivity index (χ2v) is 3.80. The molecular formula is C12H16N4. The first kappa shape index (κ1) is 10.8. The molecule has 0 unspecified atom stereocenters. The van der Waals surface area contributed by atoms with E-state index in [4.69, 9.17) is 0 Å². The number of nitrogens with zero attached hydrogens (tertiary/aromatic N) is 3. The standard InChI is InChI=1S/C12H16N4/c1-10-11(4-3-6-14-10)8-13-9-12-5-7-15-16(12)2/h3-7,13H,8-9H2,1-2H3. The van der Waals surface area contributed by atoms with Crippen LogP contribution in [0.15, 0.2) is 30.6 Å². The first-order valence-corrected chi connectivity index (χ1v) is 5.35. The van der Waals surface area contributed by atoms with Gasteiger partial charge in [0.15, 0.2) is 0 Å². The van der Waals surface area contributed by atoms with Crippen LogP contribution in [-0.2, 0) is 20.1 Å². The summed E-state index contributed by atoms with van der Waals surface area (Å²) in [5.41, 5.74) is 3.51. The monoisotopic (exact) mass is 216 g/mol. The van der Waals surface area contributed by atoms with Gasteiger partial charge in [-0.2, -0.15) is 5.10 Å². The molecule has 0 atom stereocenters. The summed E-state index contributed by atoms with van der Waals surface area (Å²) in [5, 5.41) is 7.51. The van der Waals surface area contributed by atoms with Crippen molar-refractivity contribution in [3.8, 4) is 0 Å². The number of rotatable bonds is 4. The third-order valence-electron chi connectivity index (χ3n) is 2.66. The van der Waals surface area contributed by atoms with Gasteiger partial charge in [0.2, 0.25) is 0 Å². The minimum absolute atomic E-state index is 0.824. The summed E-state index contributed by atoms with van der Waals surface area (Å²) < 4.78 is 1.88. The van der Waals surface area contributed by atoms with Gasteiger partial charge < -0.3 is 5.32 Å². The molecule has 0 aliphatic carbocycles. The van der Waals surface area contributed by atoms with Crippen LogP contribution in [-0.4, -0.2) is 14.8 Å². The number of pyridine rings is 1. The summed E-state index contributed by atoms with van der Waals surface area (Å²) in [6.45, 7) is 3.69. The van der Waals surface area contributed by atoms with E-state index in [1.807, 2.05) is 43.2 Å². The Kier molecular flexibility index (Phi) is 3.31. The number of nitrogens with one attached hydrogen (secondary N) is 1. The van der Waals surface area contributed by atoms with Crippen LogP contribution >= 0.6 is 0 Å². The average Bonchev–Trinajstić information content (AvgIpc) is 2.67. The van der Waals surface area contributed by atoms with E-state index in [0.29, 0.717) is 0 Å². The Morgan fingerprint density at radius 1 is 1.25 bits per heavy atom. The Labute approximate surface area is 95.3 Å². The van der Waals surface area contributed by atoms with Gasteiger partial charge in [-0.05, 0) is 24.6 Å². The molecule has 0 bridgehead atoms. The van der Waals surface area contributed by atoms with E-state index in [0.717, 1.165) is 18.8 Å². The van der Waals surface area contributed by atoms with Gasteiger partial charge in [-0.3, -0.25) is 9.67 Å². The van der Waals surface area contributed by atoms with Gasteiger partial charge in [-0.25, -0.2) is 0 Å². The highest BCUT2D eigenvalue weighted by molar-refractivity contribution is 5.17. The summed E-state index contributed by atoms with van der Waals surface area (Å²) in [5.74, 6) is 0. The SMILES string of the molecule is Cc1ncccc1CNCc1ccnn1C. The Balaban J connectivity index is 1.89. The van der Waals surface area contributed by atoms with Crippen LogP contribution in [0.1, 0.15) is 17.0 Å². The van der Waals surface area contributed by atoms with Gasteiger partial charge >= 0.3 is 0 Å². The van der Waals surface area contributed by atoms with Crippen LogP contribution in [0.2, 0.25) is 0 Å². The molecule has 0 aliphatic rings. The number of aryl methyl sites for hydroxylation is 2. The van der Waals surface area contributed by atoms with Crippen molar-refractivity contribution in [1.29, 1.82) is 0 Å². The van der Waals surface area contributed by atoms with E-state index >= 15 is 0 Å². The van der Waals surface area contributed by atoms with E-state index in [1.165, 1.54) is 11.3 Å². The second kappa shape index (κ2) is 4.90. The lowest BCUT2D eigenvalue weighted by Crippen LogP contribution is -2.16. The Morgan fingerprint density at radius 3 is 2.81 bits per heavy atom. The maximum Gasteiger partial charge on any atom is 0.0518 e. The van der Waals surface area contributed by atoms with Crippen LogP contribution < -0.4 is 5.32 Å². The van der Waals surface area contributed by atoms with Crippen molar-refractivity contribution < 1.29 is 0 Å². The molecule has 0 radical (unpaired) electrons. The molecule has 2 rings (SSSR count). The van der Waals surface area contributed by atoms with Crippen molar-refractivity contribution in [3.05, 3.63) is 47.5 Å². The molecule has 0 amide bonds. The predicted molar refractivity (Wildman–Crippen MR) is 62.7 cm³/mol. The average molecular weight is 216 g/mol. The first-order valence-electron chi connectivity index (χ1n) is 5.35. The van der Waals surface area contributed by atoms with Gasteiger partial charge in [0.1, 0.15) is 0 Å².